The molecule has 2 aromatic carbocycles. The summed E-state index contributed by atoms with van der Waals surface area (Å²) in [4.78, 5) is 12.5. The smallest absolute Gasteiger partial charge is 0.311 e. The maximum absolute atomic E-state index is 12.5. The van der Waals surface area contributed by atoms with Crippen molar-refractivity contribution in [1.29, 1.82) is 0 Å². The summed E-state index contributed by atoms with van der Waals surface area (Å²) in [6.45, 7) is 6.98. The standard InChI is InChI=1S/C34H48O2/c1-4-6-7-8-26-9-11-27(12-10-26)28-13-15-29(16-14-28)30-17-19-31(20-18-30)32-21-23-34(3,24-22-32)33(35)36-25-5-2/h13-20,26-27,32H,4-12,21-25H2,1-3H3/t26-,27-,32?,34?. The van der Waals surface area contributed by atoms with E-state index in [4.69, 9.17) is 4.74 Å². The van der Waals surface area contributed by atoms with E-state index in [1.54, 1.807) is 0 Å². The molecule has 2 saturated carbocycles. The molecule has 0 heterocycles. The monoisotopic (exact) mass is 488 g/mol. The summed E-state index contributed by atoms with van der Waals surface area (Å²) < 4.78 is 5.47. The number of carbonyl (C=O) groups excluding carboxylic acids is 1. The van der Waals surface area contributed by atoms with Crippen LogP contribution >= 0.6 is 0 Å². The number of unbranched alkanes of at least 4 members (excludes halogenated alkanes) is 2. The van der Waals surface area contributed by atoms with Crippen LogP contribution in [-0.2, 0) is 9.53 Å². The summed E-state index contributed by atoms with van der Waals surface area (Å²) in [6.07, 6.45) is 16.0. The number of carbonyl (C=O) groups is 1. The molecule has 0 aromatic heterocycles. The Hall–Kier alpha value is -2.09. The van der Waals surface area contributed by atoms with Crippen molar-refractivity contribution in [1.82, 2.24) is 0 Å². The normalized spacial score (nSPS) is 26.5. The number of rotatable bonds is 10. The van der Waals surface area contributed by atoms with Gasteiger partial charge in [0.1, 0.15) is 0 Å². The first-order valence-corrected chi connectivity index (χ1v) is 14.9. The van der Waals surface area contributed by atoms with E-state index in [1.807, 2.05) is 6.92 Å². The molecule has 2 fully saturated rings. The first-order chi connectivity index (χ1) is 17.5. The van der Waals surface area contributed by atoms with Crippen molar-refractivity contribution in [2.24, 2.45) is 11.3 Å². The molecule has 2 nitrogen and oxygen atoms in total. The average Bonchev–Trinajstić information content (AvgIpc) is 2.93. The highest BCUT2D eigenvalue weighted by molar-refractivity contribution is 5.76. The number of ether oxygens (including phenoxy) is 1. The second-order valence-corrected chi connectivity index (χ2v) is 11.9. The van der Waals surface area contributed by atoms with Crippen molar-refractivity contribution in [3.63, 3.8) is 0 Å². The summed E-state index contributed by atoms with van der Waals surface area (Å²) in [5, 5.41) is 0. The lowest BCUT2D eigenvalue weighted by molar-refractivity contribution is -0.157. The third kappa shape index (κ3) is 6.81. The number of hydrogen-bond donors (Lipinski definition) is 0. The Morgan fingerprint density at radius 1 is 0.750 bits per heavy atom. The summed E-state index contributed by atoms with van der Waals surface area (Å²) in [6, 6.07) is 18.6. The summed E-state index contributed by atoms with van der Waals surface area (Å²) in [5.74, 6) is 2.27. The maximum Gasteiger partial charge on any atom is 0.311 e. The zero-order valence-electron chi connectivity index (χ0n) is 23.1. The van der Waals surface area contributed by atoms with E-state index in [1.165, 1.54) is 73.6 Å². The predicted octanol–water partition coefficient (Wildman–Crippen LogP) is 9.82. The fraction of sp³-hybridized carbons (Fsp3) is 0.618. The SMILES string of the molecule is CCCCC[C@H]1CC[C@H](c2ccc(-c3ccc(C4CCC(C)(C(=O)OCCC)CC4)cc3)cc2)CC1. The fourth-order valence-electron chi connectivity index (χ4n) is 6.52. The van der Waals surface area contributed by atoms with Crippen molar-refractivity contribution in [3.8, 4) is 11.1 Å². The Kier molecular flexibility index (Phi) is 9.68. The van der Waals surface area contributed by atoms with E-state index in [2.05, 4.69) is 62.4 Å². The molecule has 0 N–H and O–H groups in total. The third-order valence-corrected chi connectivity index (χ3v) is 9.18. The molecule has 36 heavy (non-hydrogen) atoms. The molecule has 2 heteroatoms. The van der Waals surface area contributed by atoms with E-state index >= 15 is 0 Å². The van der Waals surface area contributed by atoms with Gasteiger partial charge in [-0.1, -0.05) is 88.1 Å². The maximum atomic E-state index is 12.5. The first-order valence-electron chi connectivity index (χ1n) is 14.9. The van der Waals surface area contributed by atoms with Gasteiger partial charge in [-0.25, -0.2) is 0 Å². The van der Waals surface area contributed by atoms with Crippen LogP contribution in [0, 0.1) is 11.3 Å². The largest absolute Gasteiger partial charge is 0.465 e. The summed E-state index contributed by atoms with van der Waals surface area (Å²) in [5.41, 5.74) is 5.25. The van der Waals surface area contributed by atoms with E-state index in [0.717, 1.165) is 43.9 Å². The van der Waals surface area contributed by atoms with Crippen LogP contribution < -0.4 is 0 Å². The topological polar surface area (TPSA) is 26.3 Å². The predicted molar refractivity (Wildman–Crippen MR) is 151 cm³/mol. The van der Waals surface area contributed by atoms with Gasteiger partial charge < -0.3 is 4.74 Å². The van der Waals surface area contributed by atoms with Crippen LogP contribution in [0.5, 0.6) is 0 Å². The van der Waals surface area contributed by atoms with Gasteiger partial charge in [-0.3, -0.25) is 4.79 Å². The van der Waals surface area contributed by atoms with Gasteiger partial charge in [-0.15, -0.1) is 0 Å². The highest BCUT2D eigenvalue weighted by Crippen LogP contribution is 2.44. The minimum atomic E-state index is -0.304. The van der Waals surface area contributed by atoms with Gasteiger partial charge in [-0.05, 0) is 105 Å². The summed E-state index contributed by atoms with van der Waals surface area (Å²) in [7, 11) is 0. The zero-order valence-corrected chi connectivity index (χ0v) is 23.1. The molecular weight excluding hydrogens is 440 g/mol. The highest BCUT2D eigenvalue weighted by Gasteiger charge is 2.39. The van der Waals surface area contributed by atoms with Gasteiger partial charge in [0.25, 0.3) is 0 Å². The molecule has 4 rings (SSSR count). The van der Waals surface area contributed by atoms with Crippen molar-refractivity contribution in [2.45, 2.75) is 116 Å². The van der Waals surface area contributed by atoms with Gasteiger partial charge in [0.15, 0.2) is 0 Å². The van der Waals surface area contributed by atoms with Gasteiger partial charge in [0.2, 0.25) is 0 Å². The van der Waals surface area contributed by atoms with Gasteiger partial charge in [-0.2, -0.15) is 0 Å². The van der Waals surface area contributed by atoms with Crippen molar-refractivity contribution < 1.29 is 9.53 Å². The molecule has 2 aliphatic rings. The van der Waals surface area contributed by atoms with Crippen LogP contribution in [0.15, 0.2) is 48.5 Å². The van der Waals surface area contributed by atoms with E-state index in [0.29, 0.717) is 12.5 Å². The van der Waals surface area contributed by atoms with Crippen LogP contribution in [0.25, 0.3) is 11.1 Å². The first kappa shape index (κ1) is 27.0. The van der Waals surface area contributed by atoms with E-state index in [-0.39, 0.29) is 11.4 Å². The minimum Gasteiger partial charge on any atom is -0.465 e. The molecule has 2 aliphatic carbocycles. The lowest BCUT2D eigenvalue weighted by Gasteiger charge is -2.35. The van der Waals surface area contributed by atoms with Gasteiger partial charge in [0.05, 0.1) is 12.0 Å². The second kappa shape index (κ2) is 12.9. The van der Waals surface area contributed by atoms with Crippen LogP contribution in [0.3, 0.4) is 0 Å². The molecule has 0 atom stereocenters. The highest BCUT2D eigenvalue weighted by atomic mass is 16.5. The quantitative estimate of drug-likeness (QED) is 0.246. The fourth-order valence-corrected chi connectivity index (χ4v) is 6.52. The Morgan fingerprint density at radius 2 is 1.28 bits per heavy atom. The van der Waals surface area contributed by atoms with Crippen LogP contribution in [0.1, 0.15) is 127 Å². The summed E-state index contributed by atoms with van der Waals surface area (Å²) >= 11 is 0. The van der Waals surface area contributed by atoms with Gasteiger partial charge >= 0.3 is 5.97 Å². The van der Waals surface area contributed by atoms with Gasteiger partial charge in [0, 0.05) is 0 Å². The van der Waals surface area contributed by atoms with Crippen molar-refractivity contribution in [2.75, 3.05) is 6.61 Å². The zero-order chi connectivity index (χ0) is 25.4. The van der Waals surface area contributed by atoms with E-state index in [9.17, 15) is 4.79 Å². The van der Waals surface area contributed by atoms with Crippen molar-refractivity contribution >= 4 is 5.97 Å². The molecule has 0 spiro atoms. The average molecular weight is 489 g/mol. The molecule has 196 valence electrons. The Morgan fingerprint density at radius 3 is 1.78 bits per heavy atom. The minimum absolute atomic E-state index is 0.00149. The second-order valence-electron chi connectivity index (χ2n) is 11.9. The lowest BCUT2D eigenvalue weighted by Crippen LogP contribution is -2.34. The molecule has 0 bridgehead atoms. The number of hydrogen-bond acceptors (Lipinski definition) is 2. The molecule has 0 saturated heterocycles. The molecular formula is C34H48O2. The molecule has 0 unspecified atom stereocenters. The van der Waals surface area contributed by atoms with Crippen LogP contribution in [0.2, 0.25) is 0 Å². The lowest BCUT2D eigenvalue weighted by atomic mass is 9.70. The Balaban J connectivity index is 1.28. The van der Waals surface area contributed by atoms with Crippen LogP contribution in [-0.4, -0.2) is 12.6 Å². The molecule has 0 aliphatic heterocycles. The van der Waals surface area contributed by atoms with Crippen molar-refractivity contribution in [3.05, 3.63) is 59.7 Å². The van der Waals surface area contributed by atoms with Crippen LogP contribution in [0.4, 0.5) is 0 Å². The molecule has 2 aromatic rings. The molecule has 0 amide bonds. The number of benzene rings is 2. The Bertz CT molecular complexity index is 926. The van der Waals surface area contributed by atoms with E-state index < -0.39 is 0 Å². The molecule has 0 radical (unpaired) electrons. The Labute approximate surface area is 220 Å². The number of esters is 1. The third-order valence-electron chi connectivity index (χ3n) is 9.18.